The first-order chi connectivity index (χ1) is 11.6. The van der Waals surface area contributed by atoms with Gasteiger partial charge in [-0.05, 0) is 25.3 Å². The topological polar surface area (TPSA) is 87.4 Å². The summed E-state index contributed by atoms with van der Waals surface area (Å²) in [5.41, 5.74) is 1.52. The minimum absolute atomic E-state index is 0.0636. The molecule has 1 aliphatic carbocycles. The lowest BCUT2D eigenvalue weighted by Crippen LogP contribution is -2.49. The van der Waals surface area contributed by atoms with Crippen molar-refractivity contribution in [1.29, 1.82) is 0 Å². The molecule has 128 valence electrons. The van der Waals surface area contributed by atoms with Crippen LogP contribution in [0.3, 0.4) is 0 Å². The van der Waals surface area contributed by atoms with Gasteiger partial charge in [0.25, 0.3) is 0 Å². The molecule has 0 aliphatic heterocycles. The number of amides is 2. The lowest BCUT2D eigenvalue weighted by atomic mass is 9.63. The van der Waals surface area contributed by atoms with Gasteiger partial charge in [0.2, 0.25) is 0 Å². The second kappa shape index (κ2) is 7.05. The number of aryl methyl sites for hydroxylation is 1. The highest BCUT2D eigenvalue weighted by molar-refractivity contribution is 5.74. The van der Waals surface area contributed by atoms with Gasteiger partial charge in [-0.25, -0.2) is 4.79 Å². The van der Waals surface area contributed by atoms with E-state index >= 15 is 0 Å². The van der Waals surface area contributed by atoms with Crippen molar-refractivity contribution < 1.29 is 14.4 Å². The van der Waals surface area contributed by atoms with Gasteiger partial charge in [0.05, 0.1) is 24.9 Å². The third kappa shape index (κ3) is 3.43. The van der Waals surface area contributed by atoms with Crippen molar-refractivity contribution in [3.63, 3.8) is 0 Å². The van der Waals surface area contributed by atoms with Crippen LogP contribution in [0.15, 0.2) is 40.9 Å². The highest BCUT2D eigenvalue weighted by atomic mass is 16.5. The molecule has 1 fully saturated rings. The molecule has 0 radical (unpaired) electrons. The molecule has 1 aromatic carbocycles. The first kappa shape index (κ1) is 16.5. The Hall–Kier alpha value is -2.34. The van der Waals surface area contributed by atoms with E-state index in [1.54, 1.807) is 6.07 Å². The van der Waals surface area contributed by atoms with Gasteiger partial charge in [0, 0.05) is 11.5 Å². The summed E-state index contributed by atoms with van der Waals surface area (Å²) in [5.74, 6) is 0.611. The number of hydrogen-bond donors (Lipinski definition) is 3. The van der Waals surface area contributed by atoms with Crippen molar-refractivity contribution in [2.75, 3.05) is 6.61 Å². The molecule has 24 heavy (non-hydrogen) atoms. The summed E-state index contributed by atoms with van der Waals surface area (Å²) in [5, 5.41) is 19.5. The molecular formula is C18H23N3O3. The standard InChI is InChI=1S/C18H23N3O3/c1-13-10-15(24-21-13)11-19-17(23)20-16(14-6-3-2-4-7-14)18(12-22)8-5-9-18/h2-4,6-7,10,16,22H,5,8-9,11-12H2,1H3,(H2,19,20,23). The number of carbonyl (C=O) groups excluding carboxylic acids is 1. The summed E-state index contributed by atoms with van der Waals surface area (Å²) < 4.78 is 5.09. The number of hydrogen-bond acceptors (Lipinski definition) is 4. The number of carbonyl (C=O) groups is 1. The predicted octanol–water partition coefficient (Wildman–Crippen LogP) is 2.69. The van der Waals surface area contributed by atoms with Gasteiger partial charge < -0.3 is 20.3 Å². The molecule has 0 spiro atoms. The number of rotatable bonds is 6. The Labute approximate surface area is 141 Å². The van der Waals surface area contributed by atoms with Crippen molar-refractivity contribution in [2.24, 2.45) is 5.41 Å². The normalized spacial score (nSPS) is 16.9. The van der Waals surface area contributed by atoms with Gasteiger partial charge in [0.1, 0.15) is 0 Å². The van der Waals surface area contributed by atoms with Crippen molar-refractivity contribution in [1.82, 2.24) is 15.8 Å². The molecule has 6 nitrogen and oxygen atoms in total. The summed E-state index contributed by atoms with van der Waals surface area (Å²) >= 11 is 0. The number of aliphatic hydroxyl groups excluding tert-OH is 1. The zero-order valence-corrected chi connectivity index (χ0v) is 13.8. The minimum atomic E-state index is -0.280. The van der Waals surface area contributed by atoms with E-state index in [0.29, 0.717) is 5.76 Å². The third-order valence-corrected chi connectivity index (χ3v) is 4.78. The molecule has 3 N–H and O–H groups in total. The summed E-state index contributed by atoms with van der Waals surface area (Å²) in [4.78, 5) is 12.3. The highest BCUT2D eigenvalue weighted by Crippen LogP contribution is 2.49. The fourth-order valence-electron chi connectivity index (χ4n) is 3.25. The average molecular weight is 329 g/mol. The number of aliphatic hydroxyl groups is 1. The van der Waals surface area contributed by atoms with Crippen molar-refractivity contribution >= 4 is 6.03 Å². The Bertz CT molecular complexity index is 674. The Balaban J connectivity index is 1.68. The number of nitrogens with zero attached hydrogens (tertiary/aromatic N) is 1. The van der Waals surface area contributed by atoms with Crippen LogP contribution in [0.4, 0.5) is 4.79 Å². The largest absolute Gasteiger partial charge is 0.396 e. The molecule has 1 unspecified atom stereocenters. The van der Waals surface area contributed by atoms with Crippen LogP contribution in [0.25, 0.3) is 0 Å². The zero-order chi connectivity index (χ0) is 17.0. The Morgan fingerprint density at radius 3 is 2.67 bits per heavy atom. The van der Waals surface area contributed by atoms with Gasteiger partial charge >= 0.3 is 6.03 Å². The quantitative estimate of drug-likeness (QED) is 0.760. The molecule has 3 rings (SSSR count). The number of urea groups is 1. The highest BCUT2D eigenvalue weighted by Gasteiger charge is 2.45. The van der Waals surface area contributed by atoms with E-state index in [0.717, 1.165) is 30.5 Å². The van der Waals surface area contributed by atoms with Crippen LogP contribution in [0.5, 0.6) is 0 Å². The van der Waals surface area contributed by atoms with Gasteiger partial charge in [-0.15, -0.1) is 0 Å². The van der Waals surface area contributed by atoms with E-state index in [1.807, 2.05) is 37.3 Å². The molecule has 1 saturated carbocycles. The Morgan fingerprint density at radius 1 is 1.38 bits per heavy atom. The van der Waals surface area contributed by atoms with Crippen LogP contribution in [0, 0.1) is 12.3 Å². The molecule has 1 aliphatic rings. The van der Waals surface area contributed by atoms with Gasteiger partial charge in [-0.3, -0.25) is 0 Å². The van der Waals surface area contributed by atoms with Crippen LogP contribution in [0.1, 0.15) is 42.3 Å². The molecule has 0 saturated heterocycles. The Kier molecular flexibility index (Phi) is 4.85. The molecule has 0 bridgehead atoms. The van der Waals surface area contributed by atoms with Crippen molar-refractivity contribution in [3.8, 4) is 0 Å². The van der Waals surface area contributed by atoms with Crippen LogP contribution >= 0.6 is 0 Å². The van der Waals surface area contributed by atoms with E-state index < -0.39 is 0 Å². The molecule has 1 atom stereocenters. The minimum Gasteiger partial charge on any atom is -0.396 e. The molecule has 2 amide bonds. The summed E-state index contributed by atoms with van der Waals surface area (Å²) in [6.07, 6.45) is 2.89. The van der Waals surface area contributed by atoms with E-state index in [9.17, 15) is 9.90 Å². The lowest BCUT2D eigenvalue weighted by molar-refractivity contribution is 0.00907. The summed E-state index contributed by atoms with van der Waals surface area (Å²) in [7, 11) is 0. The van der Waals surface area contributed by atoms with E-state index in [1.165, 1.54) is 0 Å². The number of nitrogens with one attached hydrogen (secondary N) is 2. The third-order valence-electron chi connectivity index (χ3n) is 4.78. The number of aromatic nitrogens is 1. The average Bonchev–Trinajstić information content (AvgIpc) is 2.98. The first-order valence-corrected chi connectivity index (χ1v) is 8.25. The van der Waals surface area contributed by atoms with E-state index in [-0.39, 0.29) is 30.6 Å². The maximum Gasteiger partial charge on any atom is 0.315 e. The number of benzene rings is 1. The van der Waals surface area contributed by atoms with Gasteiger partial charge in [-0.1, -0.05) is 41.9 Å². The molecule has 1 heterocycles. The molecule has 6 heteroatoms. The fraction of sp³-hybridized carbons (Fsp3) is 0.444. The van der Waals surface area contributed by atoms with E-state index in [4.69, 9.17) is 4.52 Å². The second-order valence-electron chi connectivity index (χ2n) is 6.48. The van der Waals surface area contributed by atoms with Crippen LogP contribution in [0.2, 0.25) is 0 Å². The monoisotopic (exact) mass is 329 g/mol. The van der Waals surface area contributed by atoms with Crippen molar-refractivity contribution in [3.05, 3.63) is 53.4 Å². The van der Waals surface area contributed by atoms with Crippen LogP contribution in [-0.4, -0.2) is 22.9 Å². The van der Waals surface area contributed by atoms with Crippen LogP contribution in [-0.2, 0) is 6.54 Å². The van der Waals surface area contributed by atoms with Crippen molar-refractivity contribution in [2.45, 2.75) is 38.8 Å². The molecule has 1 aromatic heterocycles. The molecular weight excluding hydrogens is 306 g/mol. The maximum atomic E-state index is 12.3. The Morgan fingerprint density at radius 2 is 2.12 bits per heavy atom. The predicted molar refractivity (Wildman–Crippen MR) is 89.2 cm³/mol. The summed E-state index contributed by atoms with van der Waals surface area (Å²) in [6.45, 7) is 2.18. The summed E-state index contributed by atoms with van der Waals surface area (Å²) in [6, 6.07) is 11.1. The fourth-order valence-corrected chi connectivity index (χ4v) is 3.25. The maximum absolute atomic E-state index is 12.3. The van der Waals surface area contributed by atoms with Crippen LogP contribution < -0.4 is 10.6 Å². The zero-order valence-electron chi connectivity index (χ0n) is 13.8. The SMILES string of the molecule is Cc1cc(CNC(=O)NC(c2ccccc2)C2(CO)CCC2)on1. The smallest absolute Gasteiger partial charge is 0.315 e. The van der Waals surface area contributed by atoms with Gasteiger partial charge in [0.15, 0.2) is 5.76 Å². The van der Waals surface area contributed by atoms with E-state index in [2.05, 4.69) is 15.8 Å². The molecule has 2 aromatic rings. The van der Waals surface area contributed by atoms with Gasteiger partial charge in [-0.2, -0.15) is 0 Å². The second-order valence-corrected chi connectivity index (χ2v) is 6.48. The lowest BCUT2D eigenvalue weighted by Gasteiger charge is -2.46. The first-order valence-electron chi connectivity index (χ1n) is 8.25.